The van der Waals surface area contributed by atoms with Crippen LogP contribution in [-0.4, -0.2) is 74.4 Å². The molecule has 0 N–H and O–H groups in total. The van der Waals surface area contributed by atoms with Crippen LogP contribution in [0.25, 0.3) is 0 Å². The first-order valence-corrected chi connectivity index (χ1v) is 7.81. The van der Waals surface area contributed by atoms with Crippen molar-refractivity contribution in [1.29, 1.82) is 10.5 Å². The summed E-state index contributed by atoms with van der Waals surface area (Å²) in [6.45, 7) is 4.83. The third kappa shape index (κ3) is 9.64. The van der Waals surface area contributed by atoms with Gasteiger partial charge in [0.25, 0.3) is 5.78 Å². The first-order valence-electron chi connectivity index (χ1n) is 7.81. The average molecular weight is 388 g/mol. The molecule has 2 saturated heterocycles. The van der Waals surface area contributed by atoms with Crippen LogP contribution in [0.5, 0.6) is 0 Å². The lowest BCUT2D eigenvalue weighted by molar-refractivity contribution is -0.166. The molecular formula is C17H23F3N4O3. The number of rotatable bonds is 3. The molecule has 0 aliphatic carbocycles. The number of hydrogen-bond donors (Lipinski definition) is 0. The predicted molar refractivity (Wildman–Crippen MR) is 91.0 cm³/mol. The maximum absolute atomic E-state index is 12.1. The van der Waals surface area contributed by atoms with Crippen LogP contribution in [0.3, 0.4) is 0 Å². The minimum absolute atomic E-state index is 0. The maximum Gasteiger partial charge on any atom is 0.455 e. The van der Waals surface area contributed by atoms with E-state index in [9.17, 15) is 18.0 Å². The van der Waals surface area contributed by atoms with Crippen molar-refractivity contribution in [1.82, 2.24) is 9.80 Å². The third-order valence-corrected chi connectivity index (χ3v) is 3.39. The van der Waals surface area contributed by atoms with Crippen molar-refractivity contribution in [3.8, 4) is 12.1 Å². The number of Topliss-reactive ketones (excluding diaryl/α,β-unsaturated/α-hetero) is 1. The Hall–Kier alpha value is -2.56. The van der Waals surface area contributed by atoms with E-state index in [1.165, 1.54) is 17.0 Å². The third-order valence-electron chi connectivity index (χ3n) is 3.39. The summed E-state index contributed by atoms with van der Waals surface area (Å²) in [5.74, 6) is -2.11. The van der Waals surface area contributed by atoms with Crippen LogP contribution >= 0.6 is 0 Å². The second-order valence-corrected chi connectivity index (χ2v) is 5.22. The first kappa shape index (κ1) is 24.4. The van der Waals surface area contributed by atoms with Gasteiger partial charge in [-0.15, -0.1) is 0 Å². The number of carbonyl (C=O) groups is 1. The van der Waals surface area contributed by atoms with E-state index < -0.39 is 17.5 Å². The minimum atomic E-state index is -5.01. The molecule has 0 aromatic rings. The van der Waals surface area contributed by atoms with Gasteiger partial charge in [-0.2, -0.15) is 23.7 Å². The molecule has 0 aromatic carbocycles. The topological polar surface area (TPSA) is 89.6 Å². The van der Waals surface area contributed by atoms with Crippen molar-refractivity contribution in [3.05, 3.63) is 24.0 Å². The zero-order chi connectivity index (χ0) is 19.4. The molecular weight excluding hydrogens is 365 g/mol. The van der Waals surface area contributed by atoms with Crippen LogP contribution < -0.4 is 0 Å². The highest BCUT2D eigenvalue weighted by atomic mass is 19.4. The number of allylic oxidation sites excluding steroid dienone is 2. The molecule has 0 radical (unpaired) electrons. The standard InChI is InChI=1S/C9H9F3N2O2.C7H10N2O.CH4/c10-9(11,12)8(15)7(5-13)6-14-1-3-16-4-2-14;8-2-1-3-9-4-6-10-7-5-9;/h6H,1-4H2;1,3H,4-7H2;1H4/b;3-1-;. The second kappa shape index (κ2) is 12.7. The van der Waals surface area contributed by atoms with Crippen molar-refractivity contribution in [3.63, 3.8) is 0 Å². The molecule has 0 atom stereocenters. The van der Waals surface area contributed by atoms with Crippen molar-refractivity contribution in [2.24, 2.45) is 0 Å². The molecule has 0 spiro atoms. The number of ether oxygens (including phenoxy) is 2. The van der Waals surface area contributed by atoms with E-state index in [0.29, 0.717) is 26.3 Å². The normalized spacial score (nSPS) is 17.9. The molecule has 0 unspecified atom stereocenters. The van der Waals surface area contributed by atoms with Gasteiger partial charge in [0.2, 0.25) is 0 Å². The molecule has 2 fully saturated rings. The van der Waals surface area contributed by atoms with Gasteiger partial charge >= 0.3 is 6.18 Å². The van der Waals surface area contributed by atoms with Crippen molar-refractivity contribution >= 4 is 5.78 Å². The summed E-state index contributed by atoms with van der Waals surface area (Å²) in [7, 11) is 0. The zero-order valence-corrected chi connectivity index (χ0v) is 14.0. The number of morpholine rings is 2. The number of hydrogen-bond acceptors (Lipinski definition) is 7. The van der Waals surface area contributed by atoms with Gasteiger partial charge in [0.05, 0.1) is 32.5 Å². The highest BCUT2D eigenvalue weighted by Gasteiger charge is 2.41. The summed E-state index contributed by atoms with van der Waals surface area (Å²) >= 11 is 0. The van der Waals surface area contributed by atoms with Gasteiger partial charge in [-0.1, -0.05) is 7.43 Å². The highest BCUT2D eigenvalue weighted by molar-refractivity contribution is 6.02. The molecule has 2 aliphatic rings. The van der Waals surface area contributed by atoms with Gasteiger partial charge in [-0.3, -0.25) is 4.79 Å². The fourth-order valence-electron chi connectivity index (χ4n) is 2.05. The molecule has 0 aromatic heterocycles. The van der Waals surface area contributed by atoms with Gasteiger partial charge in [-0.25, -0.2) is 0 Å². The highest BCUT2D eigenvalue weighted by Crippen LogP contribution is 2.20. The van der Waals surface area contributed by atoms with E-state index in [2.05, 4.69) is 4.90 Å². The van der Waals surface area contributed by atoms with Crippen LogP contribution in [0.15, 0.2) is 24.0 Å². The van der Waals surface area contributed by atoms with Crippen LogP contribution in [0.1, 0.15) is 7.43 Å². The van der Waals surface area contributed by atoms with Crippen LogP contribution in [0.2, 0.25) is 0 Å². The summed E-state index contributed by atoms with van der Waals surface area (Å²) in [4.78, 5) is 14.3. The second-order valence-electron chi connectivity index (χ2n) is 5.22. The zero-order valence-electron chi connectivity index (χ0n) is 14.0. The van der Waals surface area contributed by atoms with Gasteiger partial charge < -0.3 is 19.3 Å². The Bertz CT molecular complexity index is 594. The molecule has 0 amide bonds. The first-order chi connectivity index (χ1) is 12.4. The van der Waals surface area contributed by atoms with E-state index in [1.807, 2.05) is 12.3 Å². The largest absolute Gasteiger partial charge is 0.455 e. The Kier molecular flexibility index (Phi) is 11.5. The molecule has 2 heterocycles. The van der Waals surface area contributed by atoms with Crippen LogP contribution in [0.4, 0.5) is 13.2 Å². The summed E-state index contributed by atoms with van der Waals surface area (Å²) in [6, 6.07) is 3.22. The van der Waals surface area contributed by atoms with E-state index in [4.69, 9.17) is 20.0 Å². The smallest absolute Gasteiger partial charge is 0.378 e. The number of ketones is 1. The van der Waals surface area contributed by atoms with Gasteiger partial charge in [-0.05, 0) is 0 Å². The number of nitrogens with zero attached hydrogens (tertiary/aromatic N) is 4. The van der Waals surface area contributed by atoms with Gasteiger partial charge in [0.15, 0.2) is 0 Å². The molecule has 7 nitrogen and oxygen atoms in total. The summed E-state index contributed by atoms with van der Waals surface area (Å²) in [5, 5.41) is 16.7. The lowest BCUT2D eigenvalue weighted by Crippen LogP contribution is -2.34. The summed E-state index contributed by atoms with van der Waals surface area (Å²) < 4.78 is 46.3. The molecule has 150 valence electrons. The molecule has 2 rings (SSSR count). The fraction of sp³-hybridized carbons (Fsp3) is 0.588. The number of nitriles is 2. The Morgan fingerprint density at radius 2 is 1.44 bits per heavy atom. The number of alkyl halides is 3. The molecule has 0 bridgehead atoms. The quantitative estimate of drug-likeness (QED) is 0.538. The molecule has 0 saturated carbocycles. The SMILES string of the molecule is C.N#C/C=C\N1CCOCC1.N#CC(=CN1CCOCC1)C(=O)C(F)(F)F. The minimum Gasteiger partial charge on any atom is -0.378 e. The molecule has 10 heteroatoms. The van der Waals surface area contributed by atoms with E-state index in [-0.39, 0.29) is 7.43 Å². The number of carbonyl (C=O) groups excluding carboxylic acids is 1. The Morgan fingerprint density at radius 1 is 0.963 bits per heavy atom. The lowest BCUT2D eigenvalue weighted by atomic mass is 10.2. The van der Waals surface area contributed by atoms with E-state index in [1.54, 1.807) is 0 Å². The molecule has 27 heavy (non-hydrogen) atoms. The van der Waals surface area contributed by atoms with Crippen LogP contribution in [-0.2, 0) is 14.3 Å². The summed E-state index contributed by atoms with van der Waals surface area (Å²) in [6.07, 6.45) is -0.764. The lowest BCUT2D eigenvalue weighted by Gasteiger charge is -2.25. The predicted octanol–water partition coefficient (Wildman–Crippen LogP) is 1.85. The Balaban J connectivity index is 0.000000531. The number of halogens is 3. The van der Waals surface area contributed by atoms with Crippen LogP contribution in [0, 0.1) is 22.7 Å². The molecule has 2 aliphatic heterocycles. The van der Waals surface area contributed by atoms with Crippen molar-refractivity contribution < 1.29 is 27.4 Å². The van der Waals surface area contributed by atoms with Gasteiger partial charge in [0.1, 0.15) is 11.6 Å². The Morgan fingerprint density at radius 3 is 1.85 bits per heavy atom. The van der Waals surface area contributed by atoms with Gasteiger partial charge in [0, 0.05) is 44.7 Å². The fourth-order valence-corrected chi connectivity index (χ4v) is 2.05. The van der Waals surface area contributed by atoms with E-state index in [0.717, 1.165) is 32.5 Å². The Labute approximate surface area is 156 Å². The average Bonchev–Trinajstić information content (AvgIpc) is 2.65. The maximum atomic E-state index is 12.1. The monoisotopic (exact) mass is 388 g/mol. The van der Waals surface area contributed by atoms with E-state index >= 15 is 0 Å². The van der Waals surface area contributed by atoms with Crippen molar-refractivity contribution in [2.75, 3.05) is 52.6 Å². The van der Waals surface area contributed by atoms with Crippen molar-refractivity contribution in [2.45, 2.75) is 13.6 Å². The summed E-state index contributed by atoms with van der Waals surface area (Å²) in [5.41, 5.74) is -0.894.